The van der Waals surface area contributed by atoms with E-state index in [2.05, 4.69) is 23.6 Å². The number of piperidine rings is 1. The van der Waals surface area contributed by atoms with Crippen molar-refractivity contribution in [2.45, 2.75) is 63.7 Å². The number of nitrogens with zero attached hydrogens (tertiary/aromatic N) is 2. The SMILES string of the molecule is C[C@@H]1CC[C@@H](COc2ccc(C(=O)N(OC(=O)C(F)(F)F)S(C)(=O)=O)c(F)c2C2CC2)CN1[C@H](C)c1cc(Cl)cc(Cl)c1. The third-order valence-corrected chi connectivity index (χ3v) is 8.87. The zero-order valence-corrected chi connectivity index (χ0v) is 25.8. The lowest BCUT2D eigenvalue weighted by Crippen LogP contribution is -2.44. The van der Waals surface area contributed by atoms with Crippen molar-refractivity contribution in [3.63, 3.8) is 0 Å². The minimum absolute atomic E-state index is 0.00278. The van der Waals surface area contributed by atoms with Gasteiger partial charge < -0.3 is 9.57 Å². The number of benzene rings is 2. The zero-order chi connectivity index (χ0) is 31.9. The summed E-state index contributed by atoms with van der Waals surface area (Å²) < 4.78 is 83.2. The molecule has 1 saturated heterocycles. The third-order valence-electron chi connectivity index (χ3n) is 7.59. The van der Waals surface area contributed by atoms with Gasteiger partial charge in [-0.05, 0) is 81.3 Å². The van der Waals surface area contributed by atoms with Crippen LogP contribution in [0.5, 0.6) is 5.75 Å². The molecule has 2 fully saturated rings. The number of amides is 1. The lowest BCUT2D eigenvalue weighted by Gasteiger charge is -2.42. The number of rotatable bonds is 8. The van der Waals surface area contributed by atoms with E-state index in [1.165, 1.54) is 6.07 Å². The number of carbonyl (C=O) groups is 2. The summed E-state index contributed by atoms with van der Waals surface area (Å²) in [7, 11) is -4.86. The van der Waals surface area contributed by atoms with Gasteiger partial charge in [-0.1, -0.05) is 27.7 Å². The molecule has 0 unspecified atom stereocenters. The standard InChI is InChI=1S/C28H30Cl2F4N2O6S/c1-15-4-5-17(13-35(15)16(2)19-10-20(29)12-21(30)11-19)14-41-23-9-8-22(25(31)24(23)18-6-7-18)26(37)36(43(3,39)40)42-27(38)28(32,33)34/h8-12,15-18H,4-7,13-14H2,1-3H3/t15-,16-,17-/m1/s1. The van der Waals surface area contributed by atoms with Crippen molar-refractivity contribution < 1.29 is 45.1 Å². The van der Waals surface area contributed by atoms with E-state index >= 15 is 4.39 Å². The molecule has 1 amide bonds. The fourth-order valence-electron chi connectivity index (χ4n) is 5.21. The minimum Gasteiger partial charge on any atom is -0.493 e. The van der Waals surface area contributed by atoms with Gasteiger partial charge in [-0.3, -0.25) is 9.69 Å². The van der Waals surface area contributed by atoms with E-state index in [1.54, 1.807) is 6.07 Å². The number of hydrogen-bond acceptors (Lipinski definition) is 7. The molecule has 1 heterocycles. The van der Waals surface area contributed by atoms with E-state index in [9.17, 15) is 31.2 Å². The van der Waals surface area contributed by atoms with E-state index in [1.807, 2.05) is 12.1 Å². The van der Waals surface area contributed by atoms with Crippen molar-refractivity contribution in [1.82, 2.24) is 9.37 Å². The summed E-state index contributed by atoms with van der Waals surface area (Å²) in [6, 6.07) is 7.84. The molecule has 236 valence electrons. The second kappa shape index (κ2) is 12.8. The van der Waals surface area contributed by atoms with Crippen molar-refractivity contribution in [2.24, 2.45) is 5.92 Å². The quantitative estimate of drug-likeness (QED) is 0.229. The van der Waals surface area contributed by atoms with E-state index in [0.29, 0.717) is 35.7 Å². The lowest BCUT2D eigenvalue weighted by atomic mass is 9.91. The van der Waals surface area contributed by atoms with E-state index in [0.717, 1.165) is 24.5 Å². The van der Waals surface area contributed by atoms with Crippen LogP contribution in [-0.4, -0.2) is 61.3 Å². The first-order valence-corrected chi connectivity index (χ1v) is 16.1. The predicted octanol–water partition coefficient (Wildman–Crippen LogP) is 6.67. The largest absolute Gasteiger partial charge is 0.493 e. The normalized spacial score (nSPS) is 20.4. The summed E-state index contributed by atoms with van der Waals surface area (Å²) in [4.78, 5) is 30.3. The Morgan fingerprint density at radius 3 is 2.28 bits per heavy atom. The molecule has 2 aromatic carbocycles. The summed E-state index contributed by atoms with van der Waals surface area (Å²) in [5, 5.41) is 1.07. The van der Waals surface area contributed by atoms with Gasteiger partial charge in [0.15, 0.2) is 0 Å². The molecule has 2 aliphatic rings. The van der Waals surface area contributed by atoms with E-state index < -0.39 is 43.9 Å². The first-order chi connectivity index (χ1) is 20.0. The van der Waals surface area contributed by atoms with Gasteiger partial charge in [0.05, 0.1) is 18.4 Å². The molecule has 1 aliphatic carbocycles. The molecule has 0 spiro atoms. The molecule has 0 N–H and O–H groups in total. The van der Waals surface area contributed by atoms with Crippen molar-refractivity contribution in [3.8, 4) is 5.75 Å². The molecule has 0 radical (unpaired) electrons. The zero-order valence-electron chi connectivity index (χ0n) is 23.5. The number of alkyl halides is 3. The van der Waals surface area contributed by atoms with Gasteiger partial charge in [-0.25, -0.2) is 17.6 Å². The van der Waals surface area contributed by atoms with Crippen molar-refractivity contribution >= 4 is 45.1 Å². The molecule has 15 heteroatoms. The molecular formula is C28H30Cl2F4N2O6S. The van der Waals surface area contributed by atoms with Crippen LogP contribution in [0.2, 0.25) is 10.0 Å². The van der Waals surface area contributed by atoms with Crippen molar-refractivity contribution in [3.05, 3.63) is 62.9 Å². The van der Waals surface area contributed by atoms with Crippen LogP contribution in [0.3, 0.4) is 0 Å². The van der Waals surface area contributed by atoms with Crippen LogP contribution in [0.4, 0.5) is 17.6 Å². The molecule has 8 nitrogen and oxygen atoms in total. The maximum absolute atomic E-state index is 15.7. The molecule has 1 aliphatic heterocycles. The monoisotopic (exact) mass is 668 g/mol. The summed E-state index contributed by atoms with van der Waals surface area (Å²) in [5.74, 6) is -5.99. The fourth-order valence-corrected chi connectivity index (χ4v) is 6.35. The first-order valence-electron chi connectivity index (χ1n) is 13.5. The number of ether oxygens (including phenoxy) is 1. The van der Waals surface area contributed by atoms with Crippen LogP contribution in [0.25, 0.3) is 0 Å². The third kappa shape index (κ3) is 7.92. The fraction of sp³-hybridized carbons (Fsp3) is 0.500. The topological polar surface area (TPSA) is 93.2 Å². The van der Waals surface area contributed by atoms with Gasteiger partial charge in [0.1, 0.15) is 11.6 Å². The molecule has 4 rings (SSSR count). The molecule has 43 heavy (non-hydrogen) atoms. The Kier molecular flexibility index (Phi) is 9.90. The highest BCUT2D eigenvalue weighted by Crippen LogP contribution is 2.47. The highest BCUT2D eigenvalue weighted by molar-refractivity contribution is 7.88. The molecule has 0 bridgehead atoms. The highest BCUT2D eigenvalue weighted by atomic mass is 35.5. The van der Waals surface area contributed by atoms with Gasteiger partial charge in [-0.2, -0.15) is 13.2 Å². The molecule has 2 aromatic rings. The number of halogens is 6. The van der Waals surface area contributed by atoms with E-state index in [4.69, 9.17) is 27.9 Å². The first kappa shape index (κ1) is 33.3. The number of hydrogen-bond donors (Lipinski definition) is 0. The minimum atomic E-state index is -5.59. The van der Waals surface area contributed by atoms with Crippen LogP contribution in [0, 0.1) is 11.7 Å². The van der Waals surface area contributed by atoms with E-state index in [-0.39, 0.29) is 41.8 Å². The van der Waals surface area contributed by atoms with Gasteiger partial charge in [-0.15, -0.1) is 0 Å². The summed E-state index contributed by atoms with van der Waals surface area (Å²) in [5.41, 5.74) is 0.110. The Hall–Kier alpha value is -2.61. The molecule has 3 atom stereocenters. The average molecular weight is 670 g/mol. The molecule has 1 saturated carbocycles. The summed E-state index contributed by atoms with van der Waals surface area (Å²) >= 11 is 12.4. The Morgan fingerprint density at radius 2 is 1.72 bits per heavy atom. The molecule has 0 aromatic heterocycles. The Bertz CT molecular complexity index is 1480. The highest BCUT2D eigenvalue weighted by Gasteiger charge is 2.46. The average Bonchev–Trinajstić information content (AvgIpc) is 3.73. The van der Waals surface area contributed by atoms with Gasteiger partial charge in [0, 0.05) is 40.2 Å². The number of carbonyl (C=O) groups excluding carboxylic acids is 2. The second-order valence-corrected chi connectivity index (χ2v) is 13.6. The smallest absolute Gasteiger partial charge is 0.493 e. The maximum Gasteiger partial charge on any atom is 0.493 e. The Labute approximate surface area is 256 Å². The lowest BCUT2D eigenvalue weighted by molar-refractivity contribution is -0.216. The maximum atomic E-state index is 15.7. The summed E-state index contributed by atoms with van der Waals surface area (Å²) in [6.45, 7) is 5.07. The number of likely N-dealkylation sites (tertiary alicyclic amines) is 1. The van der Waals surface area contributed by atoms with Crippen LogP contribution in [0.1, 0.15) is 73.0 Å². The van der Waals surface area contributed by atoms with Crippen LogP contribution >= 0.6 is 23.2 Å². The van der Waals surface area contributed by atoms with Crippen LogP contribution in [0.15, 0.2) is 30.3 Å². The van der Waals surface area contributed by atoms with Crippen LogP contribution < -0.4 is 4.74 Å². The van der Waals surface area contributed by atoms with Crippen LogP contribution in [-0.2, 0) is 19.7 Å². The summed E-state index contributed by atoms with van der Waals surface area (Å²) in [6.07, 6.45) is -2.39. The predicted molar refractivity (Wildman–Crippen MR) is 151 cm³/mol. The van der Waals surface area contributed by atoms with Crippen molar-refractivity contribution in [1.29, 1.82) is 0 Å². The number of sulfonamides is 1. The van der Waals surface area contributed by atoms with Gasteiger partial charge in [0.2, 0.25) is 0 Å². The Balaban J connectivity index is 1.52. The Morgan fingerprint density at radius 1 is 1.09 bits per heavy atom. The molecular weight excluding hydrogens is 639 g/mol. The second-order valence-electron chi connectivity index (χ2n) is 11.0. The van der Waals surface area contributed by atoms with Crippen molar-refractivity contribution in [2.75, 3.05) is 19.4 Å². The van der Waals surface area contributed by atoms with Gasteiger partial charge >= 0.3 is 18.1 Å². The number of hydroxylamine groups is 1. The van der Waals surface area contributed by atoms with Gasteiger partial charge in [0.25, 0.3) is 10.0 Å².